The van der Waals surface area contributed by atoms with Gasteiger partial charge in [0, 0.05) is 36.3 Å². The Balaban J connectivity index is 2.11. The van der Waals surface area contributed by atoms with Crippen molar-refractivity contribution in [2.75, 3.05) is 13.1 Å². The number of fused-ring (bicyclic) bond motifs is 1. The molecule has 3 nitrogen and oxygen atoms in total. The first-order chi connectivity index (χ1) is 7.19. The van der Waals surface area contributed by atoms with Crippen LogP contribution in [0.15, 0.2) is 5.10 Å². The van der Waals surface area contributed by atoms with Crippen LogP contribution in [0, 0.1) is 5.92 Å². The highest BCUT2D eigenvalue weighted by atomic mass is 15.5. The third-order valence-corrected chi connectivity index (χ3v) is 3.67. The fourth-order valence-electron chi connectivity index (χ4n) is 2.68. The molecule has 1 fully saturated rings. The Morgan fingerprint density at radius 2 is 1.62 bits per heavy atom. The number of hydrazone groups is 1. The lowest BCUT2D eigenvalue weighted by Gasteiger charge is -2.37. The molecule has 0 aliphatic carbocycles. The zero-order chi connectivity index (χ0) is 12.1. The Kier molecular flexibility index (Phi) is 2.57. The molecule has 2 aliphatic heterocycles. The Bertz CT molecular complexity index is 295. The van der Waals surface area contributed by atoms with Crippen LogP contribution in [0.25, 0.3) is 0 Å². The Morgan fingerprint density at radius 3 is 2.12 bits per heavy atom. The highest BCUT2D eigenvalue weighted by Crippen LogP contribution is 2.34. The van der Waals surface area contributed by atoms with E-state index in [1.165, 1.54) is 0 Å². The molecule has 0 aromatic carbocycles. The number of likely N-dealkylation sites (tertiary alicyclic amines) is 1. The highest BCUT2D eigenvalue weighted by Gasteiger charge is 2.45. The van der Waals surface area contributed by atoms with E-state index in [1.54, 1.807) is 0 Å². The molecule has 0 N–H and O–H groups in total. The van der Waals surface area contributed by atoms with Crippen LogP contribution in [-0.4, -0.2) is 46.3 Å². The standard InChI is InChI=1S/C13H25N3/c1-12(2,3)15-8-10-7-14-16(11(10)9-15)13(4,5)6/h7,10-11H,8-9H2,1-6H3. The van der Waals surface area contributed by atoms with Crippen LogP contribution in [0.4, 0.5) is 0 Å². The van der Waals surface area contributed by atoms with Gasteiger partial charge in [0.05, 0.1) is 6.04 Å². The molecule has 2 heterocycles. The van der Waals surface area contributed by atoms with Crippen LogP contribution in [0.2, 0.25) is 0 Å². The second kappa shape index (κ2) is 3.46. The summed E-state index contributed by atoms with van der Waals surface area (Å²) < 4.78 is 0. The summed E-state index contributed by atoms with van der Waals surface area (Å²) >= 11 is 0. The molecule has 1 saturated heterocycles. The number of hydrogen-bond donors (Lipinski definition) is 0. The van der Waals surface area contributed by atoms with Crippen molar-refractivity contribution in [3.05, 3.63) is 0 Å². The molecule has 0 spiro atoms. The van der Waals surface area contributed by atoms with Gasteiger partial charge in [-0.25, -0.2) is 0 Å². The molecular formula is C13H25N3. The third-order valence-electron chi connectivity index (χ3n) is 3.67. The van der Waals surface area contributed by atoms with Crippen molar-refractivity contribution in [3.8, 4) is 0 Å². The van der Waals surface area contributed by atoms with Gasteiger partial charge in [0.2, 0.25) is 0 Å². The summed E-state index contributed by atoms with van der Waals surface area (Å²) in [4.78, 5) is 2.58. The fraction of sp³-hybridized carbons (Fsp3) is 0.923. The molecule has 0 radical (unpaired) electrons. The molecule has 0 aromatic rings. The van der Waals surface area contributed by atoms with E-state index in [9.17, 15) is 0 Å². The quantitative estimate of drug-likeness (QED) is 0.627. The minimum absolute atomic E-state index is 0.143. The van der Waals surface area contributed by atoms with E-state index in [0.29, 0.717) is 12.0 Å². The summed E-state index contributed by atoms with van der Waals surface area (Å²) in [6.45, 7) is 15.9. The summed E-state index contributed by atoms with van der Waals surface area (Å²) in [5, 5.41) is 6.88. The van der Waals surface area contributed by atoms with Gasteiger partial charge in [0.25, 0.3) is 0 Å². The van der Waals surface area contributed by atoms with Gasteiger partial charge in [-0.15, -0.1) is 0 Å². The minimum atomic E-state index is 0.143. The summed E-state index contributed by atoms with van der Waals surface area (Å²) in [6.07, 6.45) is 2.15. The first kappa shape index (κ1) is 11.9. The van der Waals surface area contributed by atoms with Gasteiger partial charge >= 0.3 is 0 Å². The average molecular weight is 223 g/mol. The Labute approximate surface area is 99.5 Å². The van der Waals surface area contributed by atoms with Gasteiger partial charge in [0.15, 0.2) is 0 Å². The van der Waals surface area contributed by atoms with Gasteiger partial charge in [0.1, 0.15) is 0 Å². The van der Waals surface area contributed by atoms with Crippen LogP contribution in [0.5, 0.6) is 0 Å². The molecule has 92 valence electrons. The molecule has 2 aliphatic rings. The Morgan fingerprint density at radius 1 is 1.00 bits per heavy atom. The maximum absolute atomic E-state index is 4.59. The van der Waals surface area contributed by atoms with E-state index < -0.39 is 0 Å². The molecule has 2 rings (SSSR count). The van der Waals surface area contributed by atoms with Gasteiger partial charge < -0.3 is 0 Å². The van der Waals surface area contributed by atoms with Gasteiger partial charge in [-0.1, -0.05) is 0 Å². The normalized spacial score (nSPS) is 31.2. The van der Waals surface area contributed by atoms with Crippen molar-refractivity contribution in [3.63, 3.8) is 0 Å². The molecular weight excluding hydrogens is 198 g/mol. The summed E-state index contributed by atoms with van der Waals surface area (Å²) in [7, 11) is 0. The second-order valence-electron chi connectivity index (χ2n) is 7.09. The van der Waals surface area contributed by atoms with Gasteiger partial charge in [-0.3, -0.25) is 9.91 Å². The predicted octanol–water partition coefficient (Wildman–Crippen LogP) is 2.19. The maximum Gasteiger partial charge on any atom is 0.0694 e. The van der Waals surface area contributed by atoms with Crippen molar-refractivity contribution >= 4 is 6.21 Å². The molecule has 0 amide bonds. The van der Waals surface area contributed by atoms with E-state index in [4.69, 9.17) is 0 Å². The van der Waals surface area contributed by atoms with E-state index in [2.05, 4.69) is 62.8 Å². The van der Waals surface area contributed by atoms with Crippen LogP contribution in [0.3, 0.4) is 0 Å². The number of hydrogen-bond acceptors (Lipinski definition) is 3. The van der Waals surface area contributed by atoms with E-state index in [0.717, 1.165) is 13.1 Å². The molecule has 0 saturated carbocycles. The third kappa shape index (κ3) is 1.97. The van der Waals surface area contributed by atoms with Crippen molar-refractivity contribution < 1.29 is 0 Å². The smallest absolute Gasteiger partial charge is 0.0694 e. The van der Waals surface area contributed by atoms with Crippen LogP contribution in [0.1, 0.15) is 41.5 Å². The minimum Gasteiger partial charge on any atom is -0.296 e. The largest absolute Gasteiger partial charge is 0.296 e. The average Bonchev–Trinajstić information content (AvgIpc) is 2.53. The van der Waals surface area contributed by atoms with E-state index >= 15 is 0 Å². The van der Waals surface area contributed by atoms with Gasteiger partial charge in [-0.2, -0.15) is 5.10 Å². The molecule has 2 unspecified atom stereocenters. The zero-order valence-electron chi connectivity index (χ0n) is 11.5. The summed E-state index contributed by atoms with van der Waals surface area (Å²) in [6, 6.07) is 0.583. The molecule has 3 heteroatoms. The number of nitrogens with zero attached hydrogens (tertiary/aromatic N) is 3. The van der Waals surface area contributed by atoms with Crippen LogP contribution >= 0.6 is 0 Å². The van der Waals surface area contributed by atoms with E-state index in [-0.39, 0.29) is 11.1 Å². The monoisotopic (exact) mass is 223 g/mol. The SMILES string of the molecule is CC(C)(C)N1CC2C=NN(C(C)(C)C)C2C1. The predicted molar refractivity (Wildman–Crippen MR) is 68.7 cm³/mol. The first-order valence-corrected chi connectivity index (χ1v) is 6.28. The number of rotatable bonds is 0. The molecule has 2 atom stereocenters. The van der Waals surface area contributed by atoms with Crippen molar-refractivity contribution in [2.24, 2.45) is 11.0 Å². The summed E-state index contributed by atoms with van der Waals surface area (Å²) in [5.74, 6) is 0.624. The Hall–Kier alpha value is -0.570. The van der Waals surface area contributed by atoms with E-state index in [1.807, 2.05) is 0 Å². The fourth-order valence-corrected chi connectivity index (χ4v) is 2.68. The van der Waals surface area contributed by atoms with Crippen molar-refractivity contribution in [2.45, 2.75) is 58.7 Å². The lowest BCUT2D eigenvalue weighted by atomic mass is 10.0. The maximum atomic E-state index is 4.59. The van der Waals surface area contributed by atoms with Crippen molar-refractivity contribution in [1.82, 2.24) is 9.91 Å². The zero-order valence-corrected chi connectivity index (χ0v) is 11.5. The molecule has 0 aromatic heterocycles. The summed E-state index contributed by atoms with van der Waals surface area (Å²) in [5.41, 5.74) is 0.422. The molecule has 16 heavy (non-hydrogen) atoms. The second-order valence-corrected chi connectivity index (χ2v) is 7.09. The van der Waals surface area contributed by atoms with Crippen LogP contribution < -0.4 is 0 Å². The lowest BCUT2D eigenvalue weighted by Crippen LogP contribution is -2.47. The van der Waals surface area contributed by atoms with Crippen molar-refractivity contribution in [1.29, 1.82) is 0 Å². The topological polar surface area (TPSA) is 18.8 Å². The van der Waals surface area contributed by atoms with Crippen LogP contribution in [-0.2, 0) is 0 Å². The first-order valence-electron chi connectivity index (χ1n) is 6.28. The highest BCUT2D eigenvalue weighted by molar-refractivity contribution is 5.65. The van der Waals surface area contributed by atoms with Gasteiger partial charge in [-0.05, 0) is 41.5 Å². The molecule has 0 bridgehead atoms. The lowest BCUT2D eigenvalue weighted by molar-refractivity contribution is 0.0839.